The minimum absolute atomic E-state index is 0.00217. The molecule has 1 aliphatic heterocycles. The van der Waals surface area contributed by atoms with E-state index in [1.54, 1.807) is 12.1 Å². The number of nitrogens with two attached hydrogens (primary N) is 1. The average molecular weight is 506 g/mol. The summed E-state index contributed by atoms with van der Waals surface area (Å²) in [6.45, 7) is 5.53. The highest BCUT2D eigenvalue weighted by molar-refractivity contribution is 5.89. The maximum absolute atomic E-state index is 12.9. The maximum Gasteiger partial charge on any atom is 0.321 e. The van der Waals surface area contributed by atoms with Crippen molar-refractivity contribution in [3.63, 3.8) is 0 Å². The molecule has 0 spiro atoms. The second-order valence-electron chi connectivity index (χ2n) is 9.81. The van der Waals surface area contributed by atoms with Crippen molar-refractivity contribution >= 4 is 29.1 Å². The Bertz CT molecular complexity index is 1480. The zero-order valence-electron chi connectivity index (χ0n) is 21.4. The van der Waals surface area contributed by atoms with E-state index in [1.165, 1.54) is 16.7 Å². The number of allylic oxidation sites excluding steroid dienone is 1. The van der Waals surface area contributed by atoms with Crippen molar-refractivity contribution in [1.29, 1.82) is 0 Å². The second kappa shape index (κ2) is 10.1. The number of rotatable bonds is 4. The predicted octanol–water partition coefficient (Wildman–Crippen LogP) is 4.66. The monoisotopic (exact) mass is 505 g/mol. The molecule has 1 fully saturated rings. The van der Waals surface area contributed by atoms with Crippen LogP contribution in [0.15, 0.2) is 79.3 Å². The van der Waals surface area contributed by atoms with Crippen molar-refractivity contribution in [2.24, 2.45) is 0 Å². The fourth-order valence-corrected chi connectivity index (χ4v) is 5.42. The number of pyridine rings is 1. The van der Waals surface area contributed by atoms with Crippen molar-refractivity contribution in [1.82, 2.24) is 24.3 Å². The van der Waals surface area contributed by atoms with Gasteiger partial charge in [0.2, 0.25) is 0 Å². The summed E-state index contributed by atoms with van der Waals surface area (Å²) < 4.78 is 2.17. The standard InChI is InChI=1S/C30H31N7O/c1-21-32-13-14-37(21)20-23-19-22-5-2-3-6-27(22)29(28-26(23)7-4-12-33-28)35-15-17-36(18-16-35)30(38)34-25-10-8-24(31)9-11-25/h2-14,19,29H,15-18,20,31H2,1H3,(H,34,38). The van der Waals surface area contributed by atoms with Crippen molar-refractivity contribution < 1.29 is 4.79 Å². The smallest absolute Gasteiger partial charge is 0.321 e. The van der Waals surface area contributed by atoms with Crippen LogP contribution in [-0.4, -0.2) is 56.5 Å². The van der Waals surface area contributed by atoms with Crippen molar-refractivity contribution in [2.75, 3.05) is 37.2 Å². The number of benzene rings is 2. The van der Waals surface area contributed by atoms with Gasteiger partial charge in [0.1, 0.15) is 5.82 Å². The third kappa shape index (κ3) is 4.66. The summed E-state index contributed by atoms with van der Waals surface area (Å²) in [5.74, 6) is 0.985. The van der Waals surface area contributed by atoms with Crippen LogP contribution in [0.1, 0.15) is 34.3 Å². The van der Waals surface area contributed by atoms with Gasteiger partial charge in [0, 0.05) is 68.3 Å². The summed E-state index contributed by atoms with van der Waals surface area (Å²) >= 11 is 0. The molecular weight excluding hydrogens is 474 g/mol. The van der Waals surface area contributed by atoms with Gasteiger partial charge in [-0.15, -0.1) is 0 Å². The number of urea groups is 1. The molecule has 2 amide bonds. The molecular formula is C30H31N7O. The Hall–Kier alpha value is -4.43. The zero-order chi connectivity index (χ0) is 26.1. The number of hydrogen-bond donors (Lipinski definition) is 2. The minimum Gasteiger partial charge on any atom is -0.399 e. The molecule has 2 aliphatic rings. The molecule has 2 aromatic heterocycles. The van der Waals surface area contributed by atoms with Gasteiger partial charge >= 0.3 is 6.03 Å². The largest absolute Gasteiger partial charge is 0.399 e. The molecule has 0 radical (unpaired) electrons. The summed E-state index contributed by atoms with van der Waals surface area (Å²) in [4.78, 5) is 26.6. The number of aryl methyl sites for hydroxylation is 1. The highest BCUT2D eigenvalue weighted by Gasteiger charge is 2.33. The summed E-state index contributed by atoms with van der Waals surface area (Å²) in [5.41, 5.74) is 13.1. The zero-order valence-corrected chi connectivity index (χ0v) is 21.4. The van der Waals surface area contributed by atoms with E-state index in [0.717, 1.165) is 42.4 Å². The molecule has 4 aromatic rings. The molecule has 1 saturated heterocycles. The van der Waals surface area contributed by atoms with Crippen LogP contribution < -0.4 is 11.1 Å². The number of carbonyl (C=O) groups is 1. The Labute approximate surface area is 222 Å². The van der Waals surface area contributed by atoms with E-state index in [4.69, 9.17) is 10.7 Å². The fraction of sp³-hybridized carbons (Fsp3) is 0.233. The normalized spacial score (nSPS) is 17.2. The lowest BCUT2D eigenvalue weighted by Crippen LogP contribution is -2.51. The lowest BCUT2D eigenvalue weighted by Gasteiger charge is -2.39. The van der Waals surface area contributed by atoms with Gasteiger partial charge in [0.05, 0.1) is 11.7 Å². The van der Waals surface area contributed by atoms with Crippen LogP contribution in [0.3, 0.4) is 0 Å². The third-order valence-corrected chi connectivity index (χ3v) is 7.46. The number of anilines is 2. The Kier molecular flexibility index (Phi) is 6.39. The fourth-order valence-electron chi connectivity index (χ4n) is 5.42. The van der Waals surface area contributed by atoms with Gasteiger partial charge < -0.3 is 20.5 Å². The molecule has 3 N–H and O–H groups in total. The van der Waals surface area contributed by atoms with Gasteiger partial charge in [-0.05, 0) is 60.0 Å². The van der Waals surface area contributed by atoms with E-state index in [0.29, 0.717) is 18.8 Å². The topological polar surface area (TPSA) is 92.3 Å². The predicted molar refractivity (Wildman–Crippen MR) is 150 cm³/mol. The number of carbonyl (C=O) groups excluding carboxylic acids is 1. The molecule has 1 atom stereocenters. The number of piperazine rings is 1. The number of nitrogens with zero attached hydrogens (tertiary/aromatic N) is 5. The van der Waals surface area contributed by atoms with E-state index in [2.05, 4.69) is 56.2 Å². The van der Waals surface area contributed by atoms with Crippen LogP contribution in [0.2, 0.25) is 0 Å². The van der Waals surface area contributed by atoms with Gasteiger partial charge in [0.25, 0.3) is 0 Å². The van der Waals surface area contributed by atoms with Gasteiger partial charge in [-0.1, -0.05) is 30.3 Å². The van der Waals surface area contributed by atoms with Gasteiger partial charge in [-0.3, -0.25) is 9.88 Å². The van der Waals surface area contributed by atoms with Crippen LogP contribution in [0.25, 0.3) is 11.6 Å². The number of nitrogen functional groups attached to an aromatic ring is 1. The lowest BCUT2D eigenvalue weighted by atomic mass is 9.95. The molecule has 192 valence electrons. The molecule has 0 saturated carbocycles. The van der Waals surface area contributed by atoms with E-state index >= 15 is 0 Å². The molecule has 38 heavy (non-hydrogen) atoms. The van der Waals surface area contributed by atoms with E-state index in [9.17, 15) is 4.79 Å². The SMILES string of the molecule is Cc1nccn1CC1=Cc2ccccc2C(N2CCN(C(=O)Nc3ccc(N)cc3)CC2)c2ncccc21. The van der Waals surface area contributed by atoms with Gasteiger partial charge in [0.15, 0.2) is 0 Å². The minimum atomic E-state index is -0.0890. The van der Waals surface area contributed by atoms with Crippen LogP contribution in [0.4, 0.5) is 16.2 Å². The van der Waals surface area contributed by atoms with E-state index in [1.807, 2.05) is 48.6 Å². The molecule has 2 aromatic carbocycles. The van der Waals surface area contributed by atoms with Crippen LogP contribution in [0.5, 0.6) is 0 Å². The molecule has 0 bridgehead atoms. The highest BCUT2D eigenvalue weighted by atomic mass is 16.2. The first kappa shape index (κ1) is 23.9. The quantitative estimate of drug-likeness (QED) is 0.394. The third-order valence-electron chi connectivity index (χ3n) is 7.46. The Balaban J connectivity index is 1.27. The lowest BCUT2D eigenvalue weighted by molar-refractivity contribution is 0.125. The summed E-state index contributed by atoms with van der Waals surface area (Å²) in [6.07, 6.45) is 8.05. The molecule has 3 heterocycles. The number of amides is 2. The first-order chi connectivity index (χ1) is 18.6. The van der Waals surface area contributed by atoms with Crippen molar-refractivity contribution in [3.05, 3.63) is 107 Å². The van der Waals surface area contributed by atoms with E-state index < -0.39 is 0 Å². The van der Waals surface area contributed by atoms with Crippen LogP contribution >= 0.6 is 0 Å². The van der Waals surface area contributed by atoms with Gasteiger partial charge in [-0.2, -0.15) is 0 Å². The number of aromatic nitrogens is 3. The molecule has 8 nitrogen and oxygen atoms in total. The van der Waals surface area contributed by atoms with Crippen molar-refractivity contribution in [2.45, 2.75) is 19.5 Å². The first-order valence-corrected chi connectivity index (χ1v) is 12.9. The Morgan fingerprint density at radius 3 is 2.53 bits per heavy atom. The van der Waals surface area contributed by atoms with Crippen LogP contribution in [0, 0.1) is 6.92 Å². The Morgan fingerprint density at radius 2 is 1.76 bits per heavy atom. The Morgan fingerprint density at radius 1 is 0.974 bits per heavy atom. The number of fused-ring (bicyclic) bond motifs is 2. The number of nitrogens with one attached hydrogen (secondary N) is 1. The van der Waals surface area contributed by atoms with Gasteiger partial charge in [-0.25, -0.2) is 9.78 Å². The average Bonchev–Trinajstić information content (AvgIpc) is 3.29. The first-order valence-electron chi connectivity index (χ1n) is 12.9. The highest BCUT2D eigenvalue weighted by Crippen LogP contribution is 2.39. The van der Waals surface area contributed by atoms with Crippen LogP contribution in [-0.2, 0) is 6.54 Å². The molecule has 1 unspecified atom stereocenters. The molecule has 1 aliphatic carbocycles. The summed E-state index contributed by atoms with van der Waals surface area (Å²) in [5, 5.41) is 2.99. The molecule has 6 rings (SSSR count). The number of imidazole rings is 1. The van der Waals surface area contributed by atoms with Crippen molar-refractivity contribution in [3.8, 4) is 0 Å². The summed E-state index contributed by atoms with van der Waals surface area (Å²) in [6, 6.07) is 19.9. The number of hydrogen-bond acceptors (Lipinski definition) is 5. The maximum atomic E-state index is 12.9. The summed E-state index contributed by atoms with van der Waals surface area (Å²) in [7, 11) is 0. The van der Waals surface area contributed by atoms with E-state index in [-0.39, 0.29) is 12.1 Å². The second-order valence-corrected chi connectivity index (χ2v) is 9.81. The molecule has 8 heteroatoms.